The lowest BCUT2D eigenvalue weighted by atomic mass is 10.2. The van der Waals surface area contributed by atoms with Crippen LogP contribution in [0.3, 0.4) is 0 Å². The van der Waals surface area contributed by atoms with Gasteiger partial charge in [-0.15, -0.1) is 0 Å². The van der Waals surface area contributed by atoms with E-state index in [1.54, 1.807) is 0 Å². The maximum atomic E-state index is 12.8. The minimum absolute atomic E-state index is 0.000231. The lowest BCUT2D eigenvalue weighted by Gasteiger charge is -2.11. The topological polar surface area (TPSA) is 72.0 Å². The van der Waals surface area contributed by atoms with Crippen LogP contribution in [0.25, 0.3) is 0 Å². The zero-order valence-corrected chi connectivity index (χ0v) is 10.2. The fourth-order valence-corrected chi connectivity index (χ4v) is 2.35. The number of hydrogen-bond acceptors (Lipinski definition) is 5. The van der Waals surface area contributed by atoms with Crippen molar-refractivity contribution < 1.29 is 21.6 Å². The molecule has 0 amide bonds. The van der Waals surface area contributed by atoms with Gasteiger partial charge in [0.15, 0.2) is 15.5 Å². The first-order chi connectivity index (χ1) is 8.17. The smallest absolute Gasteiger partial charge is 0.307 e. The van der Waals surface area contributed by atoms with E-state index in [0.717, 1.165) is 6.26 Å². The Balaban J connectivity index is 2.53. The second-order valence-corrected chi connectivity index (χ2v) is 6.23. The predicted octanol–water partition coefficient (Wildman–Crippen LogP) is 0.643. The third-order valence-corrected chi connectivity index (χ3v) is 3.18. The van der Waals surface area contributed by atoms with Crippen LogP contribution >= 0.6 is 0 Å². The van der Waals surface area contributed by atoms with Gasteiger partial charge in [0, 0.05) is 24.9 Å². The monoisotopic (exact) mass is 281 g/mol. The Labute approximate surface area is 101 Å². The Kier molecular flexibility index (Phi) is 3.06. The van der Waals surface area contributed by atoms with Gasteiger partial charge in [-0.25, -0.2) is 18.4 Å². The van der Waals surface area contributed by atoms with Gasteiger partial charge < -0.3 is 5.32 Å². The highest BCUT2D eigenvalue weighted by atomic mass is 32.2. The average Bonchev–Trinajstić information content (AvgIpc) is 2.59. The van der Waals surface area contributed by atoms with Crippen LogP contribution in [0.4, 0.5) is 13.2 Å². The molecule has 0 aliphatic carbocycles. The van der Waals surface area contributed by atoms with Crippen molar-refractivity contribution in [2.24, 2.45) is 0 Å². The number of alkyl halides is 3. The Bertz CT molecular complexity index is 583. The summed E-state index contributed by atoms with van der Waals surface area (Å²) in [5, 5.41) is 2.74. The van der Waals surface area contributed by atoms with Crippen LogP contribution in [0, 0.1) is 0 Å². The molecule has 0 aromatic carbocycles. The van der Waals surface area contributed by atoms with Gasteiger partial charge in [-0.05, 0) is 0 Å². The minimum Gasteiger partial charge on any atom is -0.307 e. The van der Waals surface area contributed by atoms with E-state index in [0.29, 0.717) is 0 Å². The molecule has 1 aromatic heterocycles. The van der Waals surface area contributed by atoms with Gasteiger partial charge in [0.05, 0.1) is 5.69 Å². The van der Waals surface area contributed by atoms with Crippen molar-refractivity contribution in [1.29, 1.82) is 0 Å². The van der Waals surface area contributed by atoms with E-state index < -0.39 is 27.5 Å². The van der Waals surface area contributed by atoms with Crippen LogP contribution in [0.1, 0.15) is 22.8 Å². The first kappa shape index (κ1) is 13.2. The number of halogens is 3. The molecule has 0 radical (unpaired) electrons. The predicted molar refractivity (Wildman–Crippen MR) is 56.1 cm³/mol. The van der Waals surface area contributed by atoms with Crippen LogP contribution < -0.4 is 5.32 Å². The molecule has 0 bridgehead atoms. The van der Waals surface area contributed by atoms with Crippen LogP contribution in [0.15, 0.2) is 0 Å². The Morgan fingerprint density at radius 2 is 1.94 bits per heavy atom. The van der Waals surface area contributed by atoms with Crippen LogP contribution in [0.2, 0.25) is 0 Å². The molecule has 1 N–H and O–H groups in total. The summed E-state index contributed by atoms with van der Waals surface area (Å²) in [6.07, 6.45) is -3.68. The van der Waals surface area contributed by atoms with E-state index in [-0.39, 0.29) is 30.2 Å². The SMILES string of the molecule is CS(=O)(=O)Cc1nc2c(c(C(F)(F)F)n1)CNC2. The summed E-state index contributed by atoms with van der Waals surface area (Å²) in [6.45, 7) is 0.237. The summed E-state index contributed by atoms with van der Waals surface area (Å²) in [5.74, 6) is -0.907. The standard InChI is InChI=1S/C9H10F3N3O2S/c1-18(16,17)4-7-14-6-3-13-2-5(6)8(15-7)9(10,11)12/h13H,2-4H2,1H3. The molecule has 1 aliphatic rings. The highest BCUT2D eigenvalue weighted by Gasteiger charge is 2.38. The van der Waals surface area contributed by atoms with Crippen molar-refractivity contribution in [2.45, 2.75) is 25.0 Å². The van der Waals surface area contributed by atoms with Crippen molar-refractivity contribution in [3.8, 4) is 0 Å². The molecule has 100 valence electrons. The van der Waals surface area contributed by atoms with Crippen molar-refractivity contribution >= 4 is 9.84 Å². The Morgan fingerprint density at radius 3 is 2.50 bits per heavy atom. The van der Waals surface area contributed by atoms with E-state index in [1.807, 2.05) is 0 Å². The Morgan fingerprint density at radius 1 is 1.28 bits per heavy atom. The number of aromatic nitrogens is 2. The lowest BCUT2D eigenvalue weighted by molar-refractivity contribution is -0.142. The quantitative estimate of drug-likeness (QED) is 0.861. The molecule has 2 heterocycles. The van der Waals surface area contributed by atoms with Crippen molar-refractivity contribution in [3.05, 3.63) is 22.8 Å². The van der Waals surface area contributed by atoms with Gasteiger partial charge in [0.2, 0.25) is 0 Å². The van der Waals surface area contributed by atoms with Crippen molar-refractivity contribution in [3.63, 3.8) is 0 Å². The van der Waals surface area contributed by atoms with Crippen molar-refractivity contribution in [2.75, 3.05) is 6.26 Å². The lowest BCUT2D eigenvalue weighted by Crippen LogP contribution is -2.17. The maximum Gasteiger partial charge on any atom is 0.433 e. The normalized spacial score (nSPS) is 15.8. The van der Waals surface area contributed by atoms with E-state index in [9.17, 15) is 21.6 Å². The second-order valence-electron chi connectivity index (χ2n) is 4.09. The first-order valence-corrected chi connectivity index (χ1v) is 7.07. The van der Waals surface area contributed by atoms with E-state index in [2.05, 4.69) is 15.3 Å². The summed E-state index contributed by atoms with van der Waals surface area (Å²) in [6, 6.07) is 0. The third-order valence-electron chi connectivity index (χ3n) is 2.39. The molecule has 2 rings (SSSR count). The largest absolute Gasteiger partial charge is 0.433 e. The molecule has 1 aliphatic heterocycles. The fourth-order valence-electron chi connectivity index (χ4n) is 1.75. The summed E-state index contributed by atoms with van der Waals surface area (Å²) < 4.78 is 60.5. The van der Waals surface area contributed by atoms with Crippen molar-refractivity contribution in [1.82, 2.24) is 15.3 Å². The first-order valence-electron chi connectivity index (χ1n) is 5.01. The molecule has 1 aromatic rings. The summed E-state index contributed by atoms with van der Waals surface area (Å²) in [7, 11) is -3.47. The molecule has 5 nitrogen and oxygen atoms in total. The van der Waals surface area contributed by atoms with Gasteiger partial charge in [-0.1, -0.05) is 0 Å². The zero-order chi connectivity index (χ0) is 13.6. The fraction of sp³-hybridized carbons (Fsp3) is 0.556. The molecular formula is C9H10F3N3O2S. The third kappa shape index (κ3) is 2.78. The molecule has 0 fully saturated rings. The van der Waals surface area contributed by atoms with E-state index in [4.69, 9.17) is 0 Å². The molecule has 0 saturated carbocycles. The van der Waals surface area contributed by atoms with Crippen LogP contribution in [-0.2, 0) is 34.9 Å². The Hall–Kier alpha value is -1.22. The highest BCUT2D eigenvalue weighted by molar-refractivity contribution is 7.89. The summed E-state index contributed by atoms with van der Waals surface area (Å²) in [5.41, 5.74) is -0.827. The zero-order valence-electron chi connectivity index (χ0n) is 9.37. The summed E-state index contributed by atoms with van der Waals surface area (Å²) >= 11 is 0. The van der Waals surface area contributed by atoms with Crippen LogP contribution in [-0.4, -0.2) is 24.6 Å². The number of hydrogen-bond donors (Lipinski definition) is 1. The highest BCUT2D eigenvalue weighted by Crippen LogP contribution is 2.33. The number of nitrogens with one attached hydrogen (secondary N) is 1. The molecular weight excluding hydrogens is 271 g/mol. The molecule has 0 atom stereocenters. The number of sulfone groups is 1. The van der Waals surface area contributed by atoms with Gasteiger partial charge in [-0.3, -0.25) is 0 Å². The molecule has 0 unspecified atom stereocenters. The average molecular weight is 281 g/mol. The molecule has 0 spiro atoms. The molecule has 0 saturated heterocycles. The van der Waals surface area contributed by atoms with Gasteiger partial charge in [0.25, 0.3) is 0 Å². The minimum atomic E-state index is -4.61. The second kappa shape index (κ2) is 4.16. The van der Waals surface area contributed by atoms with Gasteiger partial charge in [-0.2, -0.15) is 13.2 Å². The van der Waals surface area contributed by atoms with Crippen LogP contribution in [0.5, 0.6) is 0 Å². The maximum absolute atomic E-state index is 12.8. The number of nitrogens with zero attached hydrogens (tertiary/aromatic N) is 2. The molecule has 9 heteroatoms. The van der Waals surface area contributed by atoms with E-state index in [1.165, 1.54) is 0 Å². The van der Waals surface area contributed by atoms with Gasteiger partial charge in [0.1, 0.15) is 11.6 Å². The summed E-state index contributed by atoms with van der Waals surface area (Å²) in [4.78, 5) is 7.21. The molecule has 18 heavy (non-hydrogen) atoms. The number of rotatable bonds is 2. The van der Waals surface area contributed by atoms with Gasteiger partial charge >= 0.3 is 6.18 Å². The van der Waals surface area contributed by atoms with E-state index >= 15 is 0 Å². The number of fused-ring (bicyclic) bond motifs is 1.